The molecule has 26 heavy (non-hydrogen) atoms. The monoisotopic (exact) mass is 338 g/mol. The summed E-state index contributed by atoms with van der Waals surface area (Å²) >= 11 is 0. The van der Waals surface area contributed by atoms with Gasteiger partial charge in [0, 0.05) is 0 Å². The highest BCUT2D eigenvalue weighted by molar-refractivity contribution is 6.08. The molecule has 4 aromatic carbocycles. The average Bonchev–Trinajstić information content (AvgIpc) is 2.71. The molecule has 0 saturated heterocycles. The van der Waals surface area contributed by atoms with Crippen molar-refractivity contribution < 1.29 is 9.53 Å². The summed E-state index contributed by atoms with van der Waals surface area (Å²) in [4.78, 5) is 11.5. The second-order valence-corrected chi connectivity index (χ2v) is 6.21. The van der Waals surface area contributed by atoms with E-state index >= 15 is 0 Å². The molecule has 0 amide bonds. The lowest BCUT2D eigenvalue weighted by molar-refractivity contribution is 0.0600. The molecule has 0 aliphatic rings. The number of carbonyl (C=O) groups is 1. The van der Waals surface area contributed by atoms with Crippen molar-refractivity contribution in [3.05, 3.63) is 95.6 Å². The third-order valence-corrected chi connectivity index (χ3v) is 4.57. The number of hydrogen-bond acceptors (Lipinski definition) is 2. The molecule has 2 heteroatoms. The van der Waals surface area contributed by atoms with Gasteiger partial charge in [-0.05, 0) is 50.9 Å². The van der Waals surface area contributed by atoms with Crippen LogP contribution in [0.25, 0.3) is 33.7 Å². The molecule has 2 nitrogen and oxygen atoms in total. The van der Waals surface area contributed by atoms with Gasteiger partial charge in [0.2, 0.25) is 0 Å². The predicted molar refractivity (Wildman–Crippen MR) is 108 cm³/mol. The second-order valence-electron chi connectivity index (χ2n) is 6.21. The first-order chi connectivity index (χ1) is 12.7. The molecule has 4 rings (SSSR count). The summed E-state index contributed by atoms with van der Waals surface area (Å²) < 4.78 is 4.72. The van der Waals surface area contributed by atoms with Crippen molar-refractivity contribution in [2.75, 3.05) is 7.11 Å². The number of hydrogen-bond donors (Lipinski definition) is 0. The van der Waals surface area contributed by atoms with Gasteiger partial charge in [0.25, 0.3) is 0 Å². The SMILES string of the molecule is COC(=O)c1ccc(C=Cc2ccc3ccc4ccccc4c3c2)cc1. The minimum Gasteiger partial charge on any atom is -0.465 e. The highest BCUT2D eigenvalue weighted by Crippen LogP contribution is 2.26. The quantitative estimate of drug-likeness (QED) is 0.262. The van der Waals surface area contributed by atoms with Crippen LogP contribution in [0.1, 0.15) is 21.5 Å². The molecule has 126 valence electrons. The Balaban J connectivity index is 1.67. The second kappa shape index (κ2) is 6.85. The zero-order chi connectivity index (χ0) is 17.9. The molecular weight excluding hydrogens is 320 g/mol. The van der Waals surface area contributed by atoms with E-state index in [9.17, 15) is 4.79 Å². The maximum atomic E-state index is 11.5. The summed E-state index contributed by atoms with van der Waals surface area (Å²) in [6, 6.07) is 26.7. The van der Waals surface area contributed by atoms with Crippen LogP contribution >= 0.6 is 0 Å². The van der Waals surface area contributed by atoms with Crippen molar-refractivity contribution >= 4 is 39.7 Å². The summed E-state index contributed by atoms with van der Waals surface area (Å²) in [5.74, 6) is -0.318. The molecule has 0 spiro atoms. The molecule has 0 fully saturated rings. The number of carbonyl (C=O) groups excluding carboxylic acids is 1. The Morgan fingerprint density at radius 1 is 0.731 bits per heavy atom. The summed E-state index contributed by atoms with van der Waals surface area (Å²) in [7, 11) is 1.39. The van der Waals surface area contributed by atoms with Gasteiger partial charge in [0.05, 0.1) is 12.7 Å². The van der Waals surface area contributed by atoms with Gasteiger partial charge >= 0.3 is 5.97 Å². The highest BCUT2D eigenvalue weighted by atomic mass is 16.5. The van der Waals surface area contributed by atoms with Gasteiger partial charge < -0.3 is 4.74 Å². The fourth-order valence-corrected chi connectivity index (χ4v) is 3.16. The van der Waals surface area contributed by atoms with Gasteiger partial charge in [-0.3, -0.25) is 0 Å². The van der Waals surface area contributed by atoms with Crippen molar-refractivity contribution in [3.63, 3.8) is 0 Å². The van der Waals surface area contributed by atoms with Crippen LogP contribution in [0.2, 0.25) is 0 Å². The maximum Gasteiger partial charge on any atom is 0.337 e. The lowest BCUT2D eigenvalue weighted by Gasteiger charge is -2.05. The number of rotatable bonds is 3. The number of fused-ring (bicyclic) bond motifs is 3. The van der Waals surface area contributed by atoms with E-state index in [0.717, 1.165) is 11.1 Å². The molecule has 0 heterocycles. The minimum absolute atomic E-state index is 0.318. The molecule has 0 aliphatic carbocycles. The van der Waals surface area contributed by atoms with Gasteiger partial charge in [-0.15, -0.1) is 0 Å². The lowest BCUT2D eigenvalue weighted by atomic mass is 9.99. The Labute approximate surface area is 152 Å². The van der Waals surface area contributed by atoms with Crippen molar-refractivity contribution in [3.8, 4) is 0 Å². The van der Waals surface area contributed by atoms with Gasteiger partial charge in [0.1, 0.15) is 0 Å². The van der Waals surface area contributed by atoms with E-state index in [1.54, 1.807) is 12.1 Å². The lowest BCUT2D eigenvalue weighted by Crippen LogP contribution is -2.00. The molecule has 0 aromatic heterocycles. The van der Waals surface area contributed by atoms with Gasteiger partial charge in [-0.1, -0.05) is 72.8 Å². The Kier molecular flexibility index (Phi) is 4.24. The van der Waals surface area contributed by atoms with E-state index in [1.165, 1.54) is 28.7 Å². The Hall–Kier alpha value is -3.39. The summed E-state index contributed by atoms with van der Waals surface area (Å²) in [5.41, 5.74) is 2.74. The Morgan fingerprint density at radius 3 is 2.12 bits per heavy atom. The van der Waals surface area contributed by atoms with E-state index in [1.807, 2.05) is 18.2 Å². The maximum absolute atomic E-state index is 11.5. The van der Waals surface area contributed by atoms with E-state index < -0.39 is 0 Å². The molecule has 0 aliphatic heterocycles. The number of benzene rings is 4. The van der Waals surface area contributed by atoms with Crippen LogP contribution in [0.5, 0.6) is 0 Å². The smallest absolute Gasteiger partial charge is 0.337 e. The Bertz CT molecular complexity index is 1120. The van der Waals surface area contributed by atoms with E-state index in [0.29, 0.717) is 5.56 Å². The summed E-state index contributed by atoms with van der Waals surface area (Å²) in [6.45, 7) is 0. The van der Waals surface area contributed by atoms with Crippen LogP contribution in [0, 0.1) is 0 Å². The molecular formula is C24H18O2. The van der Waals surface area contributed by atoms with Crippen LogP contribution in [0.4, 0.5) is 0 Å². The first-order valence-corrected chi connectivity index (χ1v) is 8.52. The highest BCUT2D eigenvalue weighted by Gasteiger charge is 2.03. The van der Waals surface area contributed by atoms with E-state index in [2.05, 4.69) is 60.7 Å². The number of methoxy groups -OCH3 is 1. The fourth-order valence-electron chi connectivity index (χ4n) is 3.16. The fraction of sp³-hybridized carbons (Fsp3) is 0.0417. The van der Waals surface area contributed by atoms with Crippen LogP contribution in [-0.2, 0) is 4.74 Å². The molecule has 4 aromatic rings. The van der Waals surface area contributed by atoms with E-state index in [4.69, 9.17) is 4.74 Å². The van der Waals surface area contributed by atoms with Crippen molar-refractivity contribution in [1.29, 1.82) is 0 Å². The Morgan fingerprint density at radius 2 is 1.35 bits per heavy atom. The molecule has 0 N–H and O–H groups in total. The number of ether oxygens (including phenoxy) is 1. The molecule has 0 unspecified atom stereocenters. The van der Waals surface area contributed by atoms with Gasteiger partial charge in [-0.25, -0.2) is 4.79 Å². The zero-order valence-corrected chi connectivity index (χ0v) is 14.5. The third-order valence-electron chi connectivity index (χ3n) is 4.57. The average molecular weight is 338 g/mol. The minimum atomic E-state index is -0.318. The van der Waals surface area contributed by atoms with Crippen LogP contribution in [0.3, 0.4) is 0 Å². The zero-order valence-electron chi connectivity index (χ0n) is 14.5. The molecule has 0 saturated carbocycles. The van der Waals surface area contributed by atoms with Crippen molar-refractivity contribution in [2.24, 2.45) is 0 Å². The molecule has 0 atom stereocenters. The van der Waals surface area contributed by atoms with Crippen molar-refractivity contribution in [1.82, 2.24) is 0 Å². The molecule has 0 bridgehead atoms. The summed E-state index contributed by atoms with van der Waals surface area (Å²) in [6.07, 6.45) is 4.14. The van der Waals surface area contributed by atoms with Gasteiger partial charge in [0.15, 0.2) is 0 Å². The van der Waals surface area contributed by atoms with E-state index in [-0.39, 0.29) is 5.97 Å². The predicted octanol–water partition coefficient (Wildman–Crippen LogP) is 5.95. The molecule has 0 radical (unpaired) electrons. The largest absolute Gasteiger partial charge is 0.465 e. The van der Waals surface area contributed by atoms with Crippen LogP contribution in [0.15, 0.2) is 78.9 Å². The normalized spacial score (nSPS) is 11.3. The summed E-state index contributed by atoms with van der Waals surface area (Å²) in [5, 5.41) is 5.01. The third kappa shape index (κ3) is 3.09. The van der Waals surface area contributed by atoms with Gasteiger partial charge in [-0.2, -0.15) is 0 Å². The van der Waals surface area contributed by atoms with Crippen LogP contribution in [-0.4, -0.2) is 13.1 Å². The van der Waals surface area contributed by atoms with Crippen LogP contribution < -0.4 is 0 Å². The topological polar surface area (TPSA) is 26.3 Å². The first kappa shape index (κ1) is 16.1. The first-order valence-electron chi connectivity index (χ1n) is 8.52. The van der Waals surface area contributed by atoms with Crippen molar-refractivity contribution in [2.45, 2.75) is 0 Å². The number of esters is 1. The standard InChI is InChI=1S/C24H18O2/c1-26-24(25)21-12-8-17(9-13-21)6-7-18-10-11-20-15-14-19-4-2-3-5-22(19)23(20)16-18/h2-16H,1H3.